The number of methoxy groups -OCH3 is 1. The summed E-state index contributed by atoms with van der Waals surface area (Å²) in [5.41, 5.74) is 2.17. The van der Waals surface area contributed by atoms with Gasteiger partial charge in [0.15, 0.2) is 0 Å². The zero-order valence-corrected chi connectivity index (χ0v) is 23.7. The van der Waals surface area contributed by atoms with E-state index in [1.165, 1.54) is 36.4 Å². The molecule has 0 aliphatic carbocycles. The third-order valence-electron chi connectivity index (χ3n) is 6.82. The van der Waals surface area contributed by atoms with Crippen LogP contribution in [0.5, 0.6) is 0 Å². The highest BCUT2D eigenvalue weighted by Gasteiger charge is 2.13. The fraction of sp³-hybridized carbons (Fsp3) is 0.438. The van der Waals surface area contributed by atoms with Crippen LogP contribution >= 0.6 is 0 Å². The van der Waals surface area contributed by atoms with Crippen LogP contribution in [0.1, 0.15) is 25.0 Å². The quantitative estimate of drug-likeness (QED) is 0.151. The molecule has 1 amide bonds. The minimum Gasteiger partial charge on any atom is -0.457 e. The summed E-state index contributed by atoms with van der Waals surface area (Å²) in [5, 5.41) is 14.5. The van der Waals surface area contributed by atoms with Crippen molar-refractivity contribution in [1.82, 2.24) is 5.32 Å². The fourth-order valence-electron chi connectivity index (χ4n) is 4.63. The minimum absolute atomic E-state index is 0.0357. The molecule has 9 nitrogen and oxygen atoms in total. The molecule has 1 aliphatic heterocycles. The Bertz CT molecular complexity index is 1320. The number of rotatable bonds is 16. The van der Waals surface area contributed by atoms with Gasteiger partial charge in [-0.25, -0.2) is 0 Å². The number of fused-ring (bicyclic) bond motifs is 1. The lowest BCUT2D eigenvalue weighted by Crippen LogP contribution is -2.29. The number of carbonyl (C=O) groups excluding carboxylic acids is 1. The van der Waals surface area contributed by atoms with E-state index in [2.05, 4.69) is 40.5 Å². The monoisotopic (exact) mass is 561 g/mol. The molecule has 1 saturated heterocycles. The summed E-state index contributed by atoms with van der Waals surface area (Å²) in [6, 6.07) is 18.4. The maximum Gasteiger partial charge on any atom is 0.262 e. The number of furan rings is 1. The van der Waals surface area contributed by atoms with Crippen LogP contribution in [0.25, 0.3) is 28.2 Å². The normalized spacial score (nSPS) is 13.9. The third-order valence-corrected chi connectivity index (χ3v) is 6.82. The van der Waals surface area contributed by atoms with Crippen LogP contribution < -0.4 is 10.2 Å². The summed E-state index contributed by atoms with van der Waals surface area (Å²) in [5.74, 6) is 0.633. The third kappa shape index (κ3) is 9.44. The highest BCUT2D eigenvalue weighted by Crippen LogP contribution is 2.30. The minimum atomic E-state index is -0.478. The van der Waals surface area contributed by atoms with Gasteiger partial charge in [0.05, 0.1) is 46.2 Å². The molecule has 3 aromatic rings. The lowest BCUT2D eigenvalue weighted by molar-refractivity contribution is -0.117. The molecule has 4 rings (SSSR count). The molecule has 41 heavy (non-hydrogen) atoms. The Morgan fingerprint density at radius 2 is 1.59 bits per heavy atom. The van der Waals surface area contributed by atoms with Gasteiger partial charge in [-0.2, -0.15) is 5.26 Å². The summed E-state index contributed by atoms with van der Waals surface area (Å²) >= 11 is 0. The van der Waals surface area contributed by atoms with Gasteiger partial charge in [-0.3, -0.25) is 4.79 Å². The maximum atomic E-state index is 12.5. The van der Waals surface area contributed by atoms with E-state index in [-0.39, 0.29) is 12.1 Å². The Morgan fingerprint density at radius 1 is 0.902 bits per heavy atom. The number of ether oxygens (including phenoxy) is 4. The largest absolute Gasteiger partial charge is 0.457 e. The first kappa shape index (κ1) is 30.3. The van der Waals surface area contributed by atoms with E-state index in [1.807, 2.05) is 18.2 Å². The van der Waals surface area contributed by atoms with Crippen LogP contribution in [-0.4, -0.2) is 78.9 Å². The highest BCUT2D eigenvalue weighted by molar-refractivity contribution is 6.01. The van der Waals surface area contributed by atoms with Crippen molar-refractivity contribution in [3.63, 3.8) is 0 Å². The van der Waals surface area contributed by atoms with Crippen LogP contribution in [0.4, 0.5) is 5.69 Å². The molecule has 0 spiro atoms. The molecule has 1 N–H and O–H groups in total. The summed E-state index contributed by atoms with van der Waals surface area (Å²) in [4.78, 5) is 14.9. The first-order valence-corrected chi connectivity index (χ1v) is 14.2. The topological polar surface area (TPSA) is 106 Å². The van der Waals surface area contributed by atoms with Gasteiger partial charge < -0.3 is 33.6 Å². The number of anilines is 1. The van der Waals surface area contributed by atoms with E-state index >= 15 is 0 Å². The average Bonchev–Trinajstić information content (AvgIpc) is 3.49. The number of amides is 1. The second-order valence-electron chi connectivity index (χ2n) is 9.75. The number of nitriles is 1. The van der Waals surface area contributed by atoms with Crippen LogP contribution in [-0.2, 0) is 23.7 Å². The molecule has 1 fully saturated rings. The van der Waals surface area contributed by atoms with E-state index < -0.39 is 5.91 Å². The Balaban J connectivity index is 1.23. The molecule has 0 bridgehead atoms. The van der Waals surface area contributed by atoms with Gasteiger partial charge >= 0.3 is 0 Å². The summed E-state index contributed by atoms with van der Waals surface area (Å²) in [6.07, 6.45) is 5.26. The zero-order valence-electron chi connectivity index (χ0n) is 23.7. The van der Waals surface area contributed by atoms with E-state index in [0.29, 0.717) is 57.8 Å². The molecule has 9 heteroatoms. The smallest absolute Gasteiger partial charge is 0.262 e. The van der Waals surface area contributed by atoms with Crippen molar-refractivity contribution < 1.29 is 28.2 Å². The molecular weight excluding hydrogens is 522 g/mol. The summed E-state index contributed by atoms with van der Waals surface area (Å²) in [7, 11) is 1.63. The molecule has 2 heterocycles. The lowest BCUT2D eigenvalue weighted by atomic mass is 10.0. The predicted molar refractivity (Wildman–Crippen MR) is 159 cm³/mol. The van der Waals surface area contributed by atoms with Crippen molar-refractivity contribution in [2.75, 3.05) is 77.9 Å². The van der Waals surface area contributed by atoms with Gasteiger partial charge in [0, 0.05) is 44.1 Å². The molecular formula is C32H39N3O6. The summed E-state index contributed by atoms with van der Waals surface area (Å²) < 4.78 is 27.0. The molecule has 0 unspecified atom stereocenters. The van der Waals surface area contributed by atoms with Gasteiger partial charge in [-0.05, 0) is 60.4 Å². The molecule has 0 radical (unpaired) electrons. The van der Waals surface area contributed by atoms with Crippen LogP contribution in [0.3, 0.4) is 0 Å². The Kier molecular flexibility index (Phi) is 12.2. The number of hydrogen-bond acceptors (Lipinski definition) is 8. The molecule has 2 aromatic carbocycles. The van der Waals surface area contributed by atoms with Crippen molar-refractivity contribution in [2.24, 2.45) is 0 Å². The lowest BCUT2D eigenvalue weighted by Gasteiger charge is -2.29. The van der Waals surface area contributed by atoms with Crippen molar-refractivity contribution in [2.45, 2.75) is 19.3 Å². The van der Waals surface area contributed by atoms with E-state index in [1.54, 1.807) is 13.2 Å². The first-order chi connectivity index (χ1) is 20.2. The van der Waals surface area contributed by atoms with Crippen LogP contribution in [0.15, 0.2) is 58.5 Å². The second kappa shape index (κ2) is 16.6. The Labute approximate surface area is 241 Å². The average molecular weight is 562 g/mol. The number of nitrogens with one attached hydrogen (secondary N) is 1. The highest BCUT2D eigenvalue weighted by atomic mass is 16.6. The first-order valence-electron chi connectivity index (χ1n) is 14.2. The molecule has 0 saturated carbocycles. The van der Waals surface area contributed by atoms with Gasteiger partial charge in [0.1, 0.15) is 23.2 Å². The molecule has 1 aromatic heterocycles. The molecule has 1 aliphatic rings. The van der Waals surface area contributed by atoms with Crippen LogP contribution in [0, 0.1) is 11.3 Å². The van der Waals surface area contributed by atoms with E-state index in [0.717, 1.165) is 24.0 Å². The summed E-state index contributed by atoms with van der Waals surface area (Å²) in [6.45, 7) is 5.74. The number of carbonyl (C=O) groups is 1. The maximum absolute atomic E-state index is 12.5. The van der Waals surface area contributed by atoms with Gasteiger partial charge in [0.25, 0.3) is 5.91 Å². The van der Waals surface area contributed by atoms with Crippen molar-refractivity contribution >= 4 is 28.4 Å². The SMILES string of the molecule is COCCOCCOCCOCCNC(=O)/C(C#N)=C/c1ccc(-c2ccc3cc(N4CCCCC4)ccc3c2)o1. The van der Waals surface area contributed by atoms with Crippen molar-refractivity contribution in [3.8, 4) is 17.4 Å². The van der Waals surface area contributed by atoms with Gasteiger partial charge in [0.2, 0.25) is 0 Å². The number of nitrogens with zero attached hydrogens (tertiary/aromatic N) is 2. The van der Waals surface area contributed by atoms with E-state index in [9.17, 15) is 10.1 Å². The Hall–Kier alpha value is -3.68. The fourth-order valence-corrected chi connectivity index (χ4v) is 4.63. The van der Waals surface area contributed by atoms with Crippen LogP contribution in [0.2, 0.25) is 0 Å². The molecule has 0 atom stereocenters. The number of benzene rings is 2. The van der Waals surface area contributed by atoms with Gasteiger partial charge in [-0.15, -0.1) is 0 Å². The van der Waals surface area contributed by atoms with Gasteiger partial charge in [-0.1, -0.05) is 18.2 Å². The Morgan fingerprint density at radius 3 is 2.32 bits per heavy atom. The standard InChI is InChI=1S/C32H39N3O6/c1-37-15-16-39-19-20-40-18-17-38-14-11-34-32(36)28(24-33)23-30-9-10-31(41-30)27-6-5-26-22-29(8-7-25(26)21-27)35-12-3-2-4-13-35/h5-10,21-23H,2-4,11-20H2,1H3,(H,34,36)/b28-23+. The number of piperidine rings is 1. The predicted octanol–water partition coefficient (Wildman–Crippen LogP) is 4.81. The van der Waals surface area contributed by atoms with E-state index in [4.69, 9.17) is 23.4 Å². The number of hydrogen-bond donors (Lipinski definition) is 1. The van der Waals surface area contributed by atoms with Crippen molar-refractivity contribution in [3.05, 3.63) is 59.9 Å². The van der Waals surface area contributed by atoms with Crippen molar-refractivity contribution in [1.29, 1.82) is 5.26 Å². The second-order valence-corrected chi connectivity index (χ2v) is 9.75. The molecule has 218 valence electrons. The zero-order chi connectivity index (χ0) is 28.7.